The van der Waals surface area contributed by atoms with E-state index in [1.165, 1.54) is 24.3 Å². The Balaban J connectivity index is 1.45. The zero-order chi connectivity index (χ0) is 27.4. The van der Waals surface area contributed by atoms with Gasteiger partial charge in [0, 0.05) is 33.8 Å². The van der Waals surface area contributed by atoms with Crippen LogP contribution in [0.15, 0.2) is 100 Å². The molecule has 5 aromatic rings. The third kappa shape index (κ3) is 6.05. The van der Waals surface area contributed by atoms with Crippen molar-refractivity contribution in [2.24, 2.45) is 0 Å². The van der Waals surface area contributed by atoms with Crippen LogP contribution in [0.5, 0.6) is 5.75 Å². The van der Waals surface area contributed by atoms with Crippen LogP contribution < -0.4 is 10.4 Å². The molecule has 0 aliphatic heterocycles. The maximum atomic E-state index is 12.9. The predicted octanol–water partition coefficient (Wildman–Crippen LogP) is 6.66. The van der Waals surface area contributed by atoms with Crippen molar-refractivity contribution in [1.29, 1.82) is 0 Å². The predicted molar refractivity (Wildman–Crippen MR) is 142 cm³/mol. The zero-order valence-corrected chi connectivity index (χ0v) is 20.8. The first-order valence-electron chi connectivity index (χ1n) is 11.6. The summed E-state index contributed by atoms with van der Waals surface area (Å²) in [4.78, 5) is 25.4. The second-order valence-electron chi connectivity index (χ2n) is 8.27. The standard InChI is InChI=1S/C29H19ClF2N2O5/c30-21-11-12-25(39-29(31)32)20(14-21)17-37-26(35)13-10-19-16-34(22-7-2-1-3-8-22)33-27(19)23-15-18-6-4-5-9-24(18)38-28(23)36/h1-16,29H,17H2. The minimum absolute atomic E-state index is 0.152. The monoisotopic (exact) mass is 548 g/mol. The molecule has 0 spiro atoms. The van der Waals surface area contributed by atoms with E-state index in [-0.39, 0.29) is 28.5 Å². The number of rotatable bonds is 8. The molecule has 0 aliphatic carbocycles. The minimum Gasteiger partial charge on any atom is -0.458 e. The number of nitrogens with zero attached hydrogens (tertiary/aromatic N) is 2. The van der Waals surface area contributed by atoms with Gasteiger partial charge in [0.15, 0.2) is 0 Å². The Hall–Kier alpha value is -4.76. The highest BCUT2D eigenvalue weighted by atomic mass is 35.5. The van der Waals surface area contributed by atoms with Gasteiger partial charge in [-0.25, -0.2) is 14.3 Å². The molecule has 0 radical (unpaired) electrons. The van der Waals surface area contributed by atoms with Gasteiger partial charge in [0.25, 0.3) is 0 Å². The van der Waals surface area contributed by atoms with E-state index >= 15 is 0 Å². The number of halogens is 3. The zero-order valence-electron chi connectivity index (χ0n) is 20.1. The van der Waals surface area contributed by atoms with Crippen LogP contribution >= 0.6 is 11.6 Å². The third-order valence-electron chi connectivity index (χ3n) is 5.67. The molecule has 7 nitrogen and oxygen atoms in total. The Labute approximate surface area is 225 Å². The van der Waals surface area contributed by atoms with Crippen molar-refractivity contribution in [3.8, 4) is 22.7 Å². The van der Waals surface area contributed by atoms with Gasteiger partial charge in [0.2, 0.25) is 0 Å². The molecule has 2 aromatic heterocycles. The van der Waals surface area contributed by atoms with Crippen LogP contribution in [-0.4, -0.2) is 22.4 Å². The normalized spacial score (nSPS) is 11.4. The van der Waals surface area contributed by atoms with E-state index in [0.717, 1.165) is 11.8 Å². The van der Waals surface area contributed by atoms with Gasteiger partial charge in [-0.3, -0.25) is 0 Å². The first kappa shape index (κ1) is 25.9. The number of carbonyl (C=O) groups is 1. The summed E-state index contributed by atoms with van der Waals surface area (Å²) in [6, 6.07) is 22.0. The number of hydrogen-bond donors (Lipinski definition) is 0. The number of alkyl halides is 2. The van der Waals surface area contributed by atoms with Crippen molar-refractivity contribution in [3.63, 3.8) is 0 Å². The molecule has 0 aliphatic rings. The average Bonchev–Trinajstić information content (AvgIpc) is 3.36. The van der Waals surface area contributed by atoms with Crippen LogP contribution in [0.1, 0.15) is 11.1 Å². The van der Waals surface area contributed by atoms with E-state index in [1.807, 2.05) is 42.5 Å². The van der Waals surface area contributed by atoms with Crippen molar-refractivity contribution in [1.82, 2.24) is 9.78 Å². The molecule has 2 heterocycles. The van der Waals surface area contributed by atoms with Crippen molar-refractivity contribution >= 4 is 34.6 Å². The average molecular weight is 549 g/mol. The van der Waals surface area contributed by atoms with Gasteiger partial charge in [-0.15, -0.1) is 0 Å². The number of carbonyl (C=O) groups excluding carboxylic acids is 1. The number of fused-ring (bicyclic) bond motifs is 1. The fourth-order valence-corrected chi connectivity index (χ4v) is 4.08. The molecule has 0 atom stereocenters. The minimum atomic E-state index is -3.05. The summed E-state index contributed by atoms with van der Waals surface area (Å²) < 4.78 is 42.2. The SMILES string of the molecule is O=C(C=Cc1cn(-c2ccccc2)nc1-c1cc2ccccc2oc1=O)OCc1cc(Cl)ccc1OC(F)F. The molecule has 0 amide bonds. The van der Waals surface area contributed by atoms with E-state index < -0.39 is 18.2 Å². The fourth-order valence-electron chi connectivity index (χ4n) is 3.89. The summed E-state index contributed by atoms with van der Waals surface area (Å²) >= 11 is 5.95. The van der Waals surface area contributed by atoms with Crippen LogP contribution in [0.3, 0.4) is 0 Å². The maximum Gasteiger partial charge on any atom is 0.387 e. The molecule has 39 heavy (non-hydrogen) atoms. The molecule has 10 heteroatoms. The summed E-state index contributed by atoms with van der Waals surface area (Å²) in [5.41, 5.74) is 1.72. The summed E-state index contributed by atoms with van der Waals surface area (Å²) in [7, 11) is 0. The van der Waals surface area contributed by atoms with Gasteiger partial charge in [0.1, 0.15) is 23.6 Å². The second kappa shape index (κ2) is 11.3. The molecular formula is C29H19ClF2N2O5. The number of esters is 1. The van der Waals surface area contributed by atoms with Gasteiger partial charge in [0.05, 0.1) is 11.3 Å². The van der Waals surface area contributed by atoms with Crippen LogP contribution in [0.2, 0.25) is 5.02 Å². The van der Waals surface area contributed by atoms with Gasteiger partial charge >= 0.3 is 18.2 Å². The lowest BCUT2D eigenvalue weighted by Gasteiger charge is -2.11. The third-order valence-corrected chi connectivity index (χ3v) is 5.90. The number of benzene rings is 3. The molecule has 0 unspecified atom stereocenters. The Morgan fingerprint density at radius 1 is 1.05 bits per heavy atom. The highest BCUT2D eigenvalue weighted by molar-refractivity contribution is 6.30. The highest BCUT2D eigenvalue weighted by Gasteiger charge is 2.17. The molecule has 0 saturated heterocycles. The van der Waals surface area contributed by atoms with Crippen molar-refractivity contribution in [2.45, 2.75) is 13.2 Å². The largest absolute Gasteiger partial charge is 0.458 e. The second-order valence-corrected chi connectivity index (χ2v) is 8.71. The Morgan fingerprint density at radius 3 is 2.62 bits per heavy atom. The molecule has 0 N–H and O–H groups in total. The molecular weight excluding hydrogens is 530 g/mol. The van der Waals surface area contributed by atoms with Gasteiger partial charge in [-0.05, 0) is 48.5 Å². The summed E-state index contributed by atoms with van der Waals surface area (Å²) in [6.45, 7) is -3.40. The van der Waals surface area contributed by atoms with Gasteiger partial charge in [-0.2, -0.15) is 13.9 Å². The summed E-state index contributed by atoms with van der Waals surface area (Å²) in [5.74, 6) is -0.914. The lowest BCUT2D eigenvalue weighted by molar-refractivity contribution is -0.139. The van der Waals surface area contributed by atoms with Gasteiger partial charge < -0.3 is 13.9 Å². The number of ether oxygens (including phenoxy) is 2. The quantitative estimate of drug-likeness (QED) is 0.122. The van der Waals surface area contributed by atoms with Crippen LogP contribution in [0.25, 0.3) is 34.0 Å². The number of para-hydroxylation sites is 2. The molecule has 196 valence electrons. The number of hydrogen-bond acceptors (Lipinski definition) is 6. The van der Waals surface area contributed by atoms with Crippen LogP contribution in [0, 0.1) is 0 Å². The first-order chi connectivity index (χ1) is 18.9. The topological polar surface area (TPSA) is 83.6 Å². The first-order valence-corrected chi connectivity index (χ1v) is 12.0. The summed E-state index contributed by atoms with van der Waals surface area (Å²) in [6.07, 6.45) is 4.26. The molecule has 0 saturated carbocycles. The van der Waals surface area contributed by atoms with Crippen molar-refractivity contribution < 1.29 is 27.5 Å². The van der Waals surface area contributed by atoms with E-state index in [4.69, 9.17) is 20.8 Å². The maximum absolute atomic E-state index is 12.9. The lowest BCUT2D eigenvalue weighted by atomic mass is 10.1. The van der Waals surface area contributed by atoms with E-state index in [9.17, 15) is 18.4 Å². The molecule has 3 aromatic carbocycles. The Morgan fingerprint density at radius 2 is 1.82 bits per heavy atom. The van der Waals surface area contributed by atoms with Gasteiger partial charge in [-0.1, -0.05) is 48.0 Å². The van der Waals surface area contributed by atoms with Crippen LogP contribution in [-0.2, 0) is 16.1 Å². The Bertz CT molecular complexity index is 1730. The van der Waals surface area contributed by atoms with E-state index in [2.05, 4.69) is 9.84 Å². The van der Waals surface area contributed by atoms with Crippen molar-refractivity contribution in [2.75, 3.05) is 0 Å². The fraction of sp³-hybridized carbons (Fsp3) is 0.0690. The van der Waals surface area contributed by atoms with E-state index in [1.54, 1.807) is 29.1 Å². The lowest BCUT2D eigenvalue weighted by Crippen LogP contribution is -2.07. The molecule has 0 fully saturated rings. The highest BCUT2D eigenvalue weighted by Crippen LogP contribution is 2.27. The van der Waals surface area contributed by atoms with E-state index in [0.29, 0.717) is 22.2 Å². The number of aromatic nitrogens is 2. The smallest absolute Gasteiger partial charge is 0.387 e. The van der Waals surface area contributed by atoms with Crippen LogP contribution in [0.4, 0.5) is 8.78 Å². The van der Waals surface area contributed by atoms with Crippen molar-refractivity contribution in [3.05, 3.63) is 118 Å². The molecule has 5 rings (SSSR count). The summed E-state index contributed by atoms with van der Waals surface area (Å²) in [5, 5.41) is 5.57. The Kier molecular flexibility index (Phi) is 7.51. The molecule has 0 bridgehead atoms.